The molecule has 0 rings (SSSR count). The Balaban J connectivity index is 5.17. The second-order valence-corrected chi connectivity index (χ2v) is 29.9. The van der Waals surface area contributed by atoms with Gasteiger partial charge in [-0.25, -0.2) is 9.13 Å². The number of phosphoric ester groups is 2. The molecule has 0 aromatic carbocycles. The Bertz CT molecular complexity index is 1790. The van der Waals surface area contributed by atoms with Crippen molar-refractivity contribution in [2.75, 3.05) is 39.6 Å². The molecule has 0 heterocycles. The summed E-state index contributed by atoms with van der Waals surface area (Å²) >= 11 is 0. The molecule has 0 aliphatic heterocycles. The number of carbonyl (C=O) groups excluding carboxylic acids is 4. The third-order valence-electron chi connectivity index (χ3n) is 17.6. The molecule has 0 saturated heterocycles. The van der Waals surface area contributed by atoms with Gasteiger partial charge in [0, 0.05) is 25.7 Å². The fourth-order valence-corrected chi connectivity index (χ4v) is 13.2. The molecule has 94 heavy (non-hydrogen) atoms. The third kappa shape index (κ3) is 68.6. The Kier molecular flexibility index (Phi) is 68.1. The zero-order valence-corrected chi connectivity index (χ0v) is 62.7. The second kappa shape index (κ2) is 69.5. The smallest absolute Gasteiger partial charge is 0.462 e. The summed E-state index contributed by atoms with van der Waals surface area (Å²) in [6.07, 6.45) is 59.7. The van der Waals surface area contributed by atoms with Gasteiger partial charge in [-0.05, 0) is 25.7 Å². The zero-order valence-electron chi connectivity index (χ0n) is 60.9. The summed E-state index contributed by atoms with van der Waals surface area (Å²) in [4.78, 5) is 72.7. The van der Waals surface area contributed by atoms with Crippen LogP contribution in [0.3, 0.4) is 0 Å². The molecule has 0 aromatic rings. The van der Waals surface area contributed by atoms with Gasteiger partial charge in [-0.15, -0.1) is 0 Å². The Labute approximate surface area is 575 Å². The summed E-state index contributed by atoms with van der Waals surface area (Å²) in [5, 5.41) is 10.6. The van der Waals surface area contributed by atoms with Crippen molar-refractivity contribution in [2.45, 2.75) is 418 Å². The average Bonchev–Trinajstić information content (AvgIpc) is 1.38. The molecule has 0 spiro atoms. The van der Waals surface area contributed by atoms with Crippen molar-refractivity contribution in [1.82, 2.24) is 0 Å². The van der Waals surface area contributed by atoms with Gasteiger partial charge in [0.1, 0.15) is 19.3 Å². The first-order valence-corrected chi connectivity index (χ1v) is 42.3. The molecule has 19 heteroatoms. The largest absolute Gasteiger partial charge is 0.472 e. The van der Waals surface area contributed by atoms with Crippen LogP contribution in [0.25, 0.3) is 0 Å². The van der Waals surface area contributed by atoms with Crippen molar-refractivity contribution in [3.8, 4) is 0 Å². The summed E-state index contributed by atoms with van der Waals surface area (Å²) in [7, 11) is -9.90. The molecule has 0 bridgehead atoms. The Morgan fingerprint density at radius 2 is 0.426 bits per heavy atom. The van der Waals surface area contributed by atoms with Gasteiger partial charge in [-0.2, -0.15) is 0 Å². The van der Waals surface area contributed by atoms with Crippen LogP contribution >= 0.6 is 15.6 Å². The lowest BCUT2D eigenvalue weighted by molar-refractivity contribution is -0.161. The van der Waals surface area contributed by atoms with E-state index in [2.05, 4.69) is 27.7 Å². The number of rotatable bonds is 76. The minimum atomic E-state index is -4.95. The highest BCUT2D eigenvalue weighted by molar-refractivity contribution is 7.47. The summed E-state index contributed by atoms with van der Waals surface area (Å²) in [5.74, 6) is -2.11. The number of carbonyl (C=O) groups is 4. The van der Waals surface area contributed by atoms with E-state index in [4.69, 9.17) is 37.0 Å². The highest BCUT2D eigenvalue weighted by atomic mass is 31.2. The average molecular weight is 1380 g/mol. The van der Waals surface area contributed by atoms with E-state index in [1.807, 2.05) is 0 Å². The van der Waals surface area contributed by atoms with Crippen molar-refractivity contribution in [3.05, 3.63) is 0 Å². The van der Waals surface area contributed by atoms with Crippen LogP contribution in [0.15, 0.2) is 0 Å². The first kappa shape index (κ1) is 92.1. The van der Waals surface area contributed by atoms with Gasteiger partial charge in [0.05, 0.1) is 26.4 Å². The lowest BCUT2D eigenvalue weighted by Crippen LogP contribution is -2.30. The Morgan fingerprint density at radius 3 is 0.628 bits per heavy atom. The SMILES string of the molecule is CCCCCCCCCCCCCCCCCCCCCCCC(=O)O[C@H](COC(=O)CCCCCCCCCCCCCC)COP(=O)(O)OC[C@@H](O)COP(=O)(O)OC[C@@H](COC(=O)CCCCCCCCCCC)OC(=O)CCCCCCCCCCCCCC. The molecule has 0 saturated carbocycles. The zero-order chi connectivity index (χ0) is 69.0. The van der Waals surface area contributed by atoms with Crippen LogP contribution in [-0.4, -0.2) is 96.7 Å². The number of ether oxygens (including phenoxy) is 4. The predicted molar refractivity (Wildman–Crippen MR) is 382 cm³/mol. The monoisotopic (exact) mass is 1380 g/mol. The molecule has 0 aliphatic carbocycles. The quantitative estimate of drug-likeness (QED) is 0.0222. The second-order valence-electron chi connectivity index (χ2n) is 27.0. The van der Waals surface area contributed by atoms with Gasteiger partial charge in [-0.3, -0.25) is 37.3 Å². The highest BCUT2D eigenvalue weighted by Crippen LogP contribution is 2.45. The number of esters is 4. The molecule has 5 atom stereocenters. The maximum atomic E-state index is 13.1. The van der Waals surface area contributed by atoms with Crippen LogP contribution in [0.5, 0.6) is 0 Å². The Hall–Kier alpha value is -1.94. The molecule has 17 nitrogen and oxygen atoms in total. The minimum Gasteiger partial charge on any atom is -0.462 e. The number of aliphatic hydroxyl groups excluding tert-OH is 1. The number of hydrogen-bond donors (Lipinski definition) is 3. The van der Waals surface area contributed by atoms with Crippen molar-refractivity contribution in [1.29, 1.82) is 0 Å². The first-order chi connectivity index (χ1) is 45.7. The molecule has 2 unspecified atom stereocenters. The van der Waals surface area contributed by atoms with E-state index in [0.29, 0.717) is 25.7 Å². The fraction of sp³-hybridized carbons (Fsp3) is 0.947. The van der Waals surface area contributed by atoms with E-state index < -0.39 is 97.5 Å². The van der Waals surface area contributed by atoms with Gasteiger partial charge >= 0.3 is 39.5 Å². The molecular formula is C75H146O17P2. The minimum absolute atomic E-state index is 0.108. The highest BCUT2D eigenvalue weighted by Gasteiger charge is 2.30. The van der Waals surface area contributed by atoms with Crippen LogP contribution < -0.4 is 0 Å². The maximum Gasteiger partial charge on any atom is 0.472 e. The van der Waals surface area contributed by atoms with Gasteiger partial charge < -0.3 is 33.8 Å². The van der Waals surface area contributed by atoms with Crippen LogP contribution in [0.1, 0.15) is 400 Å². The summed E-state index contributed by atoms with van der Waals surface area (Å²) in [5.41, 5.74) is 0. The number of phosphoric acid groups is 2. The Morgan fingerprint density at radius 1 is 0.255 bits per heavy atom. The van der Waals surface area contributed by atoms with Crippen LogP contribution in [0, 0.1) is 0 Å². The fourth-order valence-electron chi connectivity index (χ4n) is 11.6. The number of hydrogen-bond acceptors (Lipinski definition) is 15. The molecule has 0 fully saturated rings. The van der Waals surface area contributed by atoms with E-state index in [1.165, 1.54) is 231 Å². The lowest BCUT2D eigenvalue weighted by atomic mass is 10.0. The summed E-state index contributed by atoms with van der Waals surface area (Å²) in [6, 6.07) is 0. The van der Waals surface area contributed by atoms with Crippen molar-refractivity contribution in [3.63, 3.8) is 0 Å². The predicted octanol–water partition coefficient (Wildman–Crippen LogP) is 22.2. The van der Waals surface area contributed by atoms with Gasteiger partial charge in [-0.1, -0.05) is 349 Å². The van der Waals surface area contributed by atoms with E-state index in [9.17, 15) is 43.2 Å². The van der Waals surface area contributed by atoms with Gasteiger partial charge in [0.15, 0.2) is 12.2 Å². The molecule has 0 radical (unpaired) electrons. The van der Waals surface area contributed by atoms with Gasteiger partial charge in [0.25, 0.3) is 0 Å². The van der Waals surface area contributed by atoms with Crippen molar-refractivity contribution < 1.29 is 80.2 Å². The number of aliphatic hydroxyl groups is 1. The van der Waals surface area contributed by atoms with Crippen LogP contribution in [0.4, 0.5) is 0 Å². The number of unbranched alkanes of at least 4 members (excludes halogenated alkanes) is 50. The molecule has 0 aromatic heterocycles. The first-order valence-electron chi connectivity index (χ1n) is 39.3. The molecule has 0 aliphatic rings. The lowest BCUT2D eigenvalue weighted by Gasteiger charge is -2.21. The topological polar surface area (TPSA) is 237 Å². The van der Waals surface area contributed by atoms with E-state index in [0.717, 1.165) is 89.9 Å². The maximum absolute atomic E-state index is 13.1. The molecule has 0 amide bonds. The summed E-state index contributed by atoms with van der Waals surface area (Å²) in [6.45, 7) is 4.96. The normalized spacial score (nSPS) is 13.9. The van der Waals surface area contributed by atoms with E-state index in [1.54, 1.807) is 0 Å². The van der Waals surface area contributed by atoms with Crippen molar-refractivity contribution >= 4 is 39.5 Å². The third-order valence-corrected chi connectivity index (χ3v) is 19.5. The molecule has 558 valence electrons. The van der Waals surface area contributed by atoms with Crippen molar-refractivity contribution in [2.24, 2.45) is 0 Å². The van der Waals surface area contributed by atoms with Crippen LogP contribution in [0.2, 0.25) is 0 Å². The van der Waals surface area contributed by atoms with Crippen LogP contribution in [-0.2, 0) is 65.4 Å². The van der Waals surface area contributed by atoms with Gasteiger partial charge in [0.2, 0.25) is 0 Å². The summed E-state index contributed by atoms with van der Waals surface area (Å²) < 4.78 is 68.4. The molecule has 3 N–H and O–H groups in total. The van der Waals surface area contributed by atoms with E-state index >= 15 is 0 Å². The molecular weight excluding hydrogens is 1230 g/mol. The standard InChI is InChI=1S/C75H146O17P2/c1-5-9-13-17-21-25-28-31-32-33-34-35-36-37-38-39-42-46-50-54-58-62-75(80)92-71(66-86-73(78)60-56-52-48-44-40-29-26-22-18-14-10-6-2)68-90-94(83,84)88-64-69(76)63-87-93(81,82)89-67-70(65-85-72(77)59-55-51-47-43-24-20-16-12-8-4)91-74(79)61-57-53-49-45-41-30-27-23-19-15-11-7-3/h69-71,76H,5-68H2,1-4H3,(H,81,82)(H,83,84)/t69-,70+,71+/m0/s1. The van der Waals surface area contributed by atoms with E-state index in [-0.39, 0.29) is 25.7 Å².